The minimum Gasteiger partial charge on any atom is -0.504 e. The number of fused-ring (bicyclic) bond motifs is 1. The van der Waals surface area contributed by atoms with E-state index in [1.807, 2.05) is 6.92 Å². The van der Waals surface area contributed by atoms with Crippen LogP contribution in [-0.4, -0.2) is 43.1 Å². The van der Waals surface area contributed by atoms with Gasteiger partial charge in [0, 0.05) is 4.47 Å². The third kappa shape index (κ3) is 5.08. The van der Waals surface area contributed by atoms with Gasteiger partial charge in [0.2, 0.25) is 0 Å². The highest BCUT2D eigenvalue weighted by Crippen LogP contribution is 2.36. The monoisotopic (exact) mass is 602 g/mol. The lowest BCUT2D eigenvalue weighted by Gasteiger charge is -2.24. The molecule has 1 aliphatic rings. The Morgan fingerprint density at radius 3 is 2.50 bits per heavy atom. The van der Waals surface area contributed by atoms with Crippen molar-refractivity contribution in [1.82, 2.24) is 4.57 Å². The van der Waals surface area contributed by atoms with E-state index in [2.05, 4.69) is 20.9 Å². The van der Waals surface area contributed by atoms with Crippen LogP contribution in [0.15, 0.2) is 55.9 Å². The largest absolute Gasteiger partial charge is 0.504 e. The van der Waals surface area contributed by atoms with Crippen molar-refractivity contribution >= 4 is 39.3 Å². The van der Waals surface area contributed by atoms with Gasteiger partial charge in [-0.3, -0.25) is 9.36 Å². The molecule has 11 heteroatoms. The highest BCUT2D eigenvalue weighted by molar-refractivity contribution is 9.10. The van der Waals surface area contributed by atoms with Crippen molar-refractivity contribution < 1.29 is 28.8 Å². The lowest BCUT2D eigenvalue weighted by molar-refractivity contribution is -0.136. The molecule has 0 saturated carbocycles. The summed E-state index contributed by atoms with van der Waals surface area (Å²) in [6, 6.07) is 7.49. The predicted octanol–water partition coefficient (Wildman–Crippen LogP) is 3.68. The van der Waals surface area contributed by atoms with Crippen molar-refractivity contribution in [3.63, 3.8) is 0 Å². The number of benzene rings is 2. The number of phenolic OH excluding ortho intramolecular Hbond substituents is 1. The fourth-order valence-electron chi connectivity index (χ4n) is 4.21. The Labute approximate surface area is 231 Å². The van der Waals surface area contributed by atoms with Crippen LogP contribution in [0.4, 0.5) is 0 Å². The molecule has 38 heavy (non-hydrogen) atoms. The molecule has 0 aliphatic carbocycles. The quantitative estimate of drug-likeness (QED) is 0.392. The Morgan fingerprint density at radius 1 is 1.13 bits per heavy atom. The van der Waals surface area contributed by atoms with Crippen LogP contribution < -0.4 is 29.1 Å². The predicted molar refractivity (Wildman–Crippen MR) is 147 cm³/mol. The highest BCUT2D eigenvalue weighted by atomic mass is 79.9. The standard InChI is InChI=1S/C27H27BrN2O7S/c1-6-36-19-10-15(8-9-18(19)31)24-23(26(33)35-5)14(3)29-27-30(24)25(32)22(38-27)12-16-11-21(37-7-2)20(34-4)13-17(16)28/h8-13,24,31H,6-7H2,1-5H3/b22-12-. The maximum Gasteiger partial charge on any atom is 0.338 e. The van der Waals surface area contributed by atoms with Crippen LogP contribution in [0.2, 0.25) is 0 Å². The van der Waals surface area contributed by atoms with E-state index in [0.717, 1.165) is 0 Å². The second-order valence-electron chi connectivity index (χ2n) is 8.19. The Hall–Kier alpha value is -3.57. The lowest BCUT2D eigenvalue weighted by Crippen LogP contribution is -2.39. The number of hydrogen-bond acceptors (Lipinski definition) is 9. The number of allylic oxidation sites excluding steroid dienone is 1. The van der Waals surface area contributed by atoms with Gasteiger partial charge in [0.25, 0.3) is 5.56 Å². The van der Waals surface area contributed by atoms with Crippen LogP contribution in [0, 0.1) is 0 Å². The van der Waals surface area contributed by atoms with Crippen molar-refractivity contribution in [3.8, 4) is 23.0 Å². The van der Waals surface area contributed by atoms with Gasteiger partial charge >= 0.3 is 5.97 Å². The first-order chi connectivity index (χ1) is 18.2. The molecule has 2 heterocycles. The molecule has 0 radical (unpaired) electrons. The molecule has 1 aliphatic heterocycles. The fraction of sp³-hybridized carbons (Fsp3) is 0.296. The molecule has 1 atom stereocenters. The number of nitrogens with zero attached hydrogens (tertiary/aromatic N) is 2. The molecule has 0 amide bonds. The molecule has 3 aromatic rings. The highest BCUT2D eigenvalue weighted by Gasteiger charge is 2.33. The number of carbonyl (C=O) groups is 1. The minimum atomic E-state index is -0.834. The minimum absolute atomic E-state index is 0.0437. The second kappa shape index (κ2) is 11.4. The van der Waals surface area contributed by atoms with Crippen molar-refractivity contribution in [2.24, 2.45) is 4.99 Å². The Bertz CT molecular complexity index is 1610. The maximum atomic E-state index is 13.8. The summed E-state index contributed by atoms with van der Waals surface area (Å²) in [5.74, 6) is 0.713. The summed E-state index contributed by atoms with van der Waals surface area (Å²) < 4.78 is 24.3. The number of halogens is 1. The first-order valence-electron chi connectivity index (χ1n) is 11.8. The summed E-state index contributed by atoms with van der Waals surface area (Å²) in [6.07, 6.45) is 1.74. The van der Waals surface area contributed by atoms with Gasteiger partial charge in [0.05, 0.1) is 49.3 Å². The van der Waals surface area contributed by atoms with Crippen LogP contribution >= 0.6 is 27.3 Å². The molecule has 1 unspecified atom stereocenters. The molecule has 0 fully saturated rings. The fourth-order valence-corrected chi connectivity index (χ4v) is 5.68. The van der Waals surface area contributed by atoms with Gasteiger partial charge in [-0.2, -0.15) is 0 Å². The summed E-state index contributed by atoms with van der Waals surface area (Å²) in [5.41, 5.74) is 1.61. The maximum absolute atomic E-state index is 13.8. The molecule has 200 valence electrons. The number of methoxy groups -OCH3 is 2. The van der Waals surface area contributed by atoms with E-state index in [9.17, 15) is 14.7 Å². The van der Waals surface area contributed by atoms with Gasteiger partial charge in [0.15, 0.2) is 27.8 Å². The third-order valence-corrected chi connectivity index (χ3v) is 7.57. The van der Waals surface area contributed by atoms with Gasteiger partial charge in [-0.25, -0.2) is 9.79 Å². The smallest absolute Gasteiger partial charge is 0.338 e. The average Bonchev–Trinajstić information content (AvgIpc) is 3.20. The van der Waals surface area contributed by atoms with Crippen LogP contribution in [-0.2, 0) is 9.53 Å². The van der Waals surface area contributed by atoms with Gasteiger partial charge < -0.3 is 24.1 Å². The van der Waals surface area contributed by atoms with Crippen molar-refractivity contribution in [2.45, 2.75) is 26.8 Å². The molecule has 1 aromatic heterocycles. The van der Waals surface area contributed by atoms with Crippen molar-refractivity contribution in [2.75, 3.05) is 27.4 Å². The number of phenols is 1. The van der Waals surface area contributed by atoms with Gasteiger partial charge in [0.1, 0.15) is 0 Å². The summed E-state index contributed by atoms with van der Waals surface area (Å²) in [6.45, 7) is 6.16. The molecule has 1 N–H and O–H groups in total. The summed E-state index contributed by atoms with van der Waals surface area (Å²) >= 11 is 4.76. The van der Waals surface area contributed by atoms with E-state index >= 15 is 0 Å². The number of rotatable bonds is 8. The number of aromatic hydroxyl groups is 1. The van der Waals surface area contributed by atoms with Gasteiger partial charge in [-0.1, -0.05) is 33.3 Å². The van der Waals surface area contributed by atoms with Crippen molar-refractivity contribution in [3.05, 3.63) is 76.9 Å². The third-order valence-electron chi connectivity index (χ3n) is 5.90. The zero-order valence-electron chi connectivity index (χ0n) is 21.5. The van der Waals surface area contributed by atoms with E-state index in [1.54, 1.807) is 51.3 Å². The Morgan fingerprint density at radius 2 is 1.84 bits per heavy atom. The second-order valence-corrected chi connectivity index (χ2v) is 10.1. The van der Waals surface area contributed by atoms with E-state index in [4.69, 9.17) is 18.9 Å². The number of thiazole rings is 1. The first kappa shape index (κ1) is 27.5. The van der Waals surface area contributed by atoms with Crippen LogP contribution in [0.1, 0.15) is 37.9 Å². The summed E-state index contributed by atoms with van der Waals surface area (Å²) in [4.78, 5) is 31.7. The first-order valence-corrected chi connectivity index (χ1v) is 13.4. The lowest BCUT2D eigenvalue weighted by atomic mass is 9.95. The average molecular weight is 603 g/mol. The van der Waals surface area contributed by atoms with Crippen LogP contribution in [0.5, 0.6) is 23.0 Å². The Kier molecular flexibility index (Phi) is 8.27. The number of carbonyl (C=O) groups excluding carboxylic acids is 1. The number of esters is 1. The molecule has 0 bridgehead atoms. The SMILES string of the molecule is CCOc1cc(C2C(C(=O)OC)=C(C)N=c3s/c(=C\c4cc(OCC)c(OC)cc4Br)c(=O)n32)ccc1O. The Balaban J connectivity index is 1.96. The van der Waals surface area contributed by atoms with Crippen molar-refractivity contribution in [1.29, 1.82) is 0 Å². The summed E-state index contributed by atoms with van der Waals surface area (Å²) in [5, 5.41) is 10.2. The number of ether oxygens (including phenoxy) is 4. The molecular formula is C27H27BrN2O7S. The zero-order chi connectivity index (χ0) is 27.6. The van der Waals surface area contributed by atoms with E-state index in [1.165, 1.54) is 29.1 Å². The zero-order valence-corrected chi connectivity index (χ0v) is 23.9. The number of hydrogen-bond donors (Lipinski definition) is 1. The van der Waals surface area contributed by atoms with Gasteiger partial charge in [-0.05, 0) is 62.2 Å². The van der Waals surface area contributed by atoms with E-state index < -0.39 is 12.0 Å². The molecular weight excluding hydrogens is 576 g/mol. The van der Waals surface area contributed by atoms with Gasteiger partial charge in [-0.15, -0.1) is 0 Å². The summed E-state index contributed by atoms with van der Waals surface area (Å²) in [7, 11) is 2.84. The van der Waals surface area contributed by atoms with E-state index in [-0.39, 0.29) is 22.6 Å². The molecule has 4 rings (SSSR count). The van der Waals surface area contributed by atoms with Crippen LogP contribution in [0.25, 0.3) is 6.08 Å². The molecule has 2 aromatic carbocycles. The topological polar surface area (TPSA) is 109 Å². The van der Waals surface area contributed by atoms with E-state index in [0.29, 0.717) is 55.3 Å². The molecule has 0 saturated heterocycles. The molecule has 0 spiro atoms. The van der Waals surface area contributed by atoms with Crippen LogP contribution in [0.3, 0.4) is 0 Å². The number of aromatic nitrogens is 1. The molecule has 9 nitrogen and oxygen atoms in total. The normalized spacial score (nSPS) is 15.1.